The van der Waals surface area contributed by atoms with Crippen LogP contribution in [-0.2, 0) is 0 Å². The number of rotatable bonds is 2. The molecule has 3 aliphatic rings. The Morgan fingerprint density at radius 3 is 2.47 bits per heavy atom. The van der Waals surface area contributed by atoms with Crippen molar-refractivity contribution in [1.29, 1.82) is 0 Å². The van der Waals surface area contributed by atoms with Crippen LogP contribution in [-0.4, -0.2) is 53.1 Å². The maximum atomic E-state index is 12.4. The molecule has 2 atom stereocenters. The maximum Gasteiger partial charge on any atom is 0.259 e. The summed E-state index contributed by atoms with van der Waals surface area (Å²) < 4.78 is 4.99. The second-order valence-corrected chi connectivity index (χ2v) is 6.21. The van der Waals surface area contributed by atoms with Crippen molar-refractivity contribution in [3.8, 4) is 0 Å². The predicted molar refractivity (Wildman–Crippen MR) is 68.7 cm³/mol. The molecule has 0 aromatic carbocycles. The Morgan fingerprint density at radius 1 is 1.26 bits per heavy atom. The molecule has 0 N–H and O–H groups in total. The number of likely N-dealkylation sites (tertiary alicyclic amines) is 2. The third-order valence-electron chi connectivity index (χ3n) is 4.85. The number of aryl methyl sites for hydroxylation is 1. The lowest BCUT2D eigenvalue weighted by Gasteiger charge is -2.21. The van der Waals surface area contributed by atoms with Crippen LogP contribution in [0.2, 0.25) is 0 Å². The van der Waals surface area contributed by atoms with E-state index in [1.165, 1.54) is 25.9 Å². The molecule has 19 heavy (non-hydrogen) atoms. The van der Waals surface area contributed by atoms with Crippen molar-refractivity contribution in [2.75, 3.05) is 26.2 Å². The Kier molecular flexibility index (Phi) is 2.45. The largest absolute Gasteiger partial charge is 0.361 e. The number of nitrogens with zero attached hydrogens (tertiary/aromatic N) is 3. The summed E-state index contributed by atoms with van der Waals surface area (Å²) in [7, 11) is 0. The fourth-order valence-electron chi connectivity index (χ4n) is 3.61. The van der Waals surface area contributed by atoms with Gasteiger partial charge < -0.3 is 9.42 Å². The summed E-state index contributed by atoms with van der Waals surface area (Å²) in [5, 5.41) is 3.70. The molecule has 0 radical (unpaired) electrons. The molecule has 5 nitrogen and oxygen atoms in total. The van der Waals surface area contributed by atoms with Gasteiger partial charge in [-0.2, -0.15) is 0 Å². The highest BCUT2D eigenvalue weighted by Crippen LogP contribution is 2.38. The van der Waals surface area contributed by atoms with Gasteiger partial charge in [-0.1, -0.05) is 5.16 Å². The van der Waals surface area contributed by atoms with E-state index in [-0.39, 0.29) is 5.91 Å². The minimum atomic E-state index is 0.0890. The molecule has 2 aliphatic heterocycles. The number of aromatic nitrogens is 1. The van der Waals surface area contributed by atoms with Crippen LogP contribution in [0.25, 0.3) is 0 Å². The van der Waals surface area contributed by atoms with Gasteiger partial charge in [0.15, 0.2) is 0 Å². The zero-order valence-corrected chi connectivity index (χ0v) is 11.2. The smallest absolute Gasteiger partial charge is 0.259 e. The van der Waals surface area contributed by atoms with Crippen molar-refractivity contribution in [2.45, 2.75) is 25.8 Å². The molecular formula is C14H19N3O2. The molecule has 1 aromatic heterocycles. The Labute approximate surface area is 112 Å². The van der Waals surface area contributed by atoms with E-state index in [1.807, 2.05) is 4.90 Å². The minimum Gasteiger partial charge on any atom is -0.361 e. The van der Waals surface area contributed by atoms with Crippen LogP contribution in [0.1, 0.15) is 29.0 Å². The molecule has 3 heterocycles. The van der Waals surface area contributed by atoms with Gasteiger partial charge in [-0.05, 0) is 31.6 Å². The molecule has 5 heteroatoms. The topological polar surface area (TPSA) is 49.6 Å². The van der Waals surface area contributed by atoms with Gasteiger partial charge >= 0.3 is 0 Å². The molecule has 2 unspecified atom stereocenters. The molecule has 4 rings (SSSR count). The summed E-state index contributed by atoms with van der Waals surface area (Å²) in [6, 6.07) is 0.857. The summed E-state index contributed by atoms with van der Waals surface area (Å²) in [4.78, 5) is 17.0. The van der Waals surface area contributed by atoms with Crippen LogP contribution >= 0.6 is 0 Å². The quantitative estimate of drug-likeness (QED) is 0.801. The molecule has 3 fully saturated rings. The van der Waals surface area contributed by atoms with Crippen molar-refractivity contribution in [3.05, 3.63) is 17.5 Å². The van der Waals surface area contributed by atoms with E-state index in [0.29, 0.717) is 23.2 Å². The molecular weight excluding hydrogens is 242 g/mol. The normalized spacial score (nSPS) is 30.9. The molecule has 0 spiro atoms. The van der Waals surface area contributed by atoms with Crippen LogP contribution in [0.4, 0.5) is 0 Å². The first kappa shape index (κ1) is 11.5. The Balaban J connectivity index is 1.43. The van der Waals surface area contributed by atoms with Gasteiger partial charge in [-0.3, -0.25) is 9.69 Å². The van der Waals surface area contributed by atoms with Crippen molar-refractivity contribution < 1.29 is 9.32 Å². The van der Waals surface area contributed by atoms with E-state index in [9.17, 15) is 4.79 Å². The third-order valence-corrected chi connectivity index (χ3v) is 4.85. The number of carbonyl (C=O) groups is 1. The molecule has 1 aliphatic carbocycles. The van der Waals surface area contributed by atoms with E-state index in [2.05, 4.69) is 10.1 Å². The van der Waals surface area contributed by atoms with Crippen molar-refractivity contribution >= 4 is 5.91 Å². The zero-order valence-electron chi connectivity index (χ0n) is 11.2. The van der Waals surface area contributed by atoms with Gasteiger partial charge in [0.2, 0.25) is 0 Å². The van der Waals surface area contributed by atoms with E-state index in [1.54, 1.807) is 13.1 Å². The van der Waals surface area contributed by atoms with Crippen LogP contribution in [0, 0.1) is 18.8 Å². The second-order valence-electron chi connectivity index (χ2n) is 6.21. The average molecular weight is 261 g/mol. The molecule has 2 saturated heterocycles. The van der Waals surface area contributed by atoms with Crippen LogP contribution in [0.3, 0.4) is 0 Å². The monoisotopic (exact) mass is 261 g/mol. The highest BCUT2D eigenvalue weighted by molar-refractivity contribution is 5.95. The number of hydrogen-bond acceptors (Lipinski definition) is 4. The van der Waals surface area contributed by atoms with Crippen LogP contribution in [0.15, 0.2) is 10.7 Å². The minimum absolute atomic E-state index is 0.0890. The van der Waals surface area contributed by atoms with Gasteiger partial charge in [0.05, 0.1) is 6.20 Å². The van der Waals surface area contributed by atoms with E-state index in [4.69, 9.17) is 4.52 Å². The van der Waals surface area contributed by atoms with Crippen LogP contribution < -0.4 is 0 Å². The lowest BCUT2D eigenvalue weighted by atomic mass is 10.0. The highest BCUT2D eigenvalue weighted by atomic mass is 16.5. The lowest BCUT2D eigenvalue weighted by Crippen LogP contribution is -2.34. The Hall–Kier alpha value is -1.36. The predicted octanol–water partition coefficient (Wildman–Crippen LogP) is 1.15. The average Bonchev–Trinajstić information content (AvgIpc) is 2.84. The Morgan fingerprint density at radius 2 is 1.95 bits per heavy atom. The maximum absolute atomic E-state index is 12.4. The summed E-state index contributed by atoms with van der Waals surface area (Å²) in [6.45, 7) is 5.96. The molecule has 0 bridgehead atoms. The lowest BCUT2D eigenvalue weighted by molar-refractivity contribution is 0.0772. The number of carbonyl (C=O) groups excluding carboxylic acids is 1. The van der Waals surface area contributed by atoms with E-state index >= 15 is 0 Å². The van der Waals surface area contributed by atoms with Gasteiger partial charge in [0.25, 0.3) is 5.91 Å². The highest BCUT2D eigenvalue weighted by Gasteiger charge is 2.45. The first-order valence-corrected chi connectivity index (χ1v) is 7.17. The van der Waals surface area contributed by atoms with Crippen LogP contribution in [0.5, 0.6) is 0 Å². The number of fused-ring (bicyclic) bond motifs is 1. The molecule has 1 saturated carbocycles. The van der Waals surface area contributed by atoms with Gasteiger partial charge in [-0.15, -0.1) is 0 Å². The SMILES string of the molecule is Cc1oncc1C(=O)N1CC2CN(C3CC3)CC2C1. The first-order chi connectivity index (χ1) is 9.22. The van der Waals surface area contributed by atoms with Crippen molar-refractivity contribution in [1.82, 2.24) is 15.0 Å². The summed E-state index contributed by atoms with van der Waals surface area (Å²) in [5.41, 5.74) is 0.624. The molecule has 102 valence electrons. The summed E-state index contributed by atoms with van der Waals surface area (Å²) in [6.07, 6.45) is 4.30. The summed E-state index contributed by atoms with van der Waals surface area (Å²) >= 11 is 0. The summed E-state index contributed by atoms with van der Waals surface area (Å²) in [5.74, 6) is 2.06. The van der Waals surface area contributed by atoms with Crippen molar-refractivity contribution in [2.24, 2.45) is 11.8 Å². The van der Waals surface area contributed by atoms with Gasteiger partial charge in [0.1, 0.15) is 11.3 Å². The van der Waals surface area contributed by atoms with Crippen molar-refractivity contribution in [3.63, 3.8) is 0 Å². The standard InChI is InChI=1S/C14H19N3O2/c1-9-13(4-15-19-9)14(18)17-7-10-5-16(12-2-3-12)6-11(10)8-17/h4,10-12H,2-3,5-8H2,1H3. The third kappa shape index (κ3) is 1.87. The Bertz CT molecular complexity index is 495. The van der Waals surface area contributed by atoms with Gasteiger partial charge in [-0.25, -0.2) is 0 Å². The zero-order chi connectivity index (χ0) is 13.0. The number of hydrogen-bond donors (Lipinski definition) is 0. The molecule has 1 amide bonds. The number of amides is 1. The fourth-order valence-corrected chi connectivity index (χ4v) is 3.61. The fraction of sp³-hybridized carbons (Fsp3) is 0.714. The second kappa shape index (κ2) is 4.07. The first-order valence-electron chi connectivity index (χ1n) is 7.17. The van der Waals surface area contributed by atoms with Gasteiger partial charge in [0, 0.05) is 32.2 Å². The van der Waals surface area contributed by atoms with E-state index in [0.717, 1.165) is 19.1 Å². The molecule has 1 aromatic rings. The van der Waals surface area contributed by atoms with E-state index < -0.39 is 0 Å².